The molecule has 5 nitrogen and oxygen atoms in total. The van der Waals surface area contributed by atoms with Crippen LogP contribution in [0.25, 0.3) is 5.69 Å². The Morgan fingerprint density at radius 1 is 0.973 bits per heavy atom. The van der Waals surface area contributed by atoms with Gasteiger partial charge in [0.25, 0.3) is 0 Å². The maximum absolute atomic E-state index is 5.95. The van der Waals surface area contributed by atoms with Crippen LogP contribution in [0, 0.1) is 20.8 Å². The number of aryl methyl sites for hydroxylation is 3. The molecule has 1 aliphatic heterocycles. The van der Waals surface area contributed by atoms with Gasteiger partial charge in [0.05, 0.1) is 30.1 Å². The molecule has 0 spiro atoms. The quantitative estimate of drug-likeness (QED) is 0.273. The number of hydrogen-bond donors (Lipinski definition) is 1. The van der Waals surface area contributed by atoms with Crippen LogP contribution in [0.2, 0.25) is 0 Å². The van der Waals surface area contributed by atoms with Crippen molar-refractivity contribution in [1.82, 2.24) is 14.9 Å². The monoisotopic (exact) mass is 510 g/mol. The average molecular weight is 511 g/mol. The molecule has 0 bridgehead atoms. The summed E-state index contributed by atoms with van der Waals surface area (Å²) in [5.74, 6) is 0.854. The van der Waals surface area contributed by atoms with Gasteiger partial charge in [-0.2, -0.15) is 0 Å². The Morgan fingerprint density at radius 2 is 1.76 bits per heavy atom. The van der Waals surface area contributed by atoms with E-state index in [2.05, 4.69) is 84.9 Å². The second kappa shape index (κ2) is 10.4. The van der Waals surface area contributed by atoms with E-state index in [-0.39, 0.29) is 12.1 Å². The maximum atomic E-state index is 5.95. The first kappa shape index (κ1) is 25.0. The van der Waals surface area contributed by atoms with E-state index in [1.54, 1.807) is 0 Å². The highest BCUT2D eigenvalue weighted by Crippen LogP contribution is 2.44. The van der Waals surface area contributed by atoms with E-state index >= 15 is 0 Å². The highest BCUT2D eigenvalue weighted by Gasteiger charge is 2.42. The third-order valence-electron chi connectivity index (χ3n) is 7.24. The summed E-state index contributed by atoms with van der Waals surface area (Å²) in [7, 11) is 0. The second-order valence-electron chi connectivity index (χ2n) is 9.52. The van der Waals surface area contributed by atoms with Crippen LogP contribution in [0.1, 0.15) is 59.7 Å². The van der Waals surface area contributed by atoms with E-state index in [9.17, 15) is 0 Å². The van der Waals surface area contributed by atoms with Crippen LogP contribution in [0.15, 0.2) is 72.9 Å². The Morgan fingerprint density at radius 3 is 2.43 bits per heavy atom. The summed E-state index contributed by atoms with van der Waals surface area (Å²) >= 11 is 5.95. The number of benzene rings is 2. The van der Waals surface area contributed by atoms with Crippen molar-refractivity contribution in [2.45, 2.75) is 53.1 Å². The molecule has 0 amide bonds. The molecule has 0 radical (unpaired) electrons. The minimum absolute atomic E-state index is 0.0608. The van der Waals surface area contributed by atoms with Crippen molar-refractivity contribution >= 4 is 23.0 Å². The highest BCUT2D eigenvalue weighted by molar-refractivity contribution is 7.80. The van der Waals surface area contributed by atoms with E-state index in [1.807, 2.05) is 37.4 Å². The van der Waals surface area contributed by atoms with Crippen molar-refractivity contribution in [2.75, 3.05) is 11.5 Å². The van der Waals surface area contributed by atoms with Crippen LogP contribution in [0.5, 0.6) is 5.75 Å². The van der Waals surface area contributed by atoms with Gasteiger partial charge in [0.1, 0.15) is 5.75 Å². The van der Waals surface area contributed by atoms with Gasteiger partial charge in [0.15, 0.2) is 5.11 Å². The van der Waals surface area contributed by atoms with Crippen LogP contribution in [-0.4, -0.2) is 21.3 Å². The first-order valence-corrected chi connectivity index (χ1v) is 13.4. The van der Waals surface area contributed by atoms with Gasteiger partial charge in [0, 0.05) is 23.3 Å². The topological polar surface area (TPSA) is 42.3 Å². The number of nitrogens with one attached hydrogen (secondary N) is 1. The number of nitrogens with zero attached hydrogens (tertiary/aromatic N) is 3. The summed E-state index contributed by atoms with van der Waals surface area (Å²) in [5.41, 5.74) is 9.56. The van der Waals surface area contributed by atoms with E-state index in [4.69, 9.17) is 21.9 Å². The van der Waals surface area contributed by atoms with E-state index in [1.165, 1.54) is 33.8 Å². The molecule has 5 rings (SSSR count). The lowest BCUT2D eigenvalue weighted by Gasteiger charge is -2.28. The van der Waals surface area contributed by atoms with Crippen LogP contribution in [-0.2, 0) is 6.42 Å². The third-order valence-corrected chi connectivity index (χ3v) is 7.55. The van der Waals surface area contributed by atoms with Gasteiger partial charge in [-0.1, -0.05) is 31.2 Å². The summed E-state index contributed by atoms with van der Waals surface area (Å²) in [6.07, 6.45) is 2.83. The fourth-order valence-electron chi connectivity index (χ4n) is 5.57. The molecule has 2 aromatic carbocycles. The molecule has 0 saturated carbocycles. The van der Waals surface area contributed by atoms with E-state index in [0.29, 0.717) is 11.7 Å². The molecule has 1 fully saturated rings. The molecular formula is C31H34N4OS. The minimum Gasteiger partial charge on any atom is -0.494 e. The molecule has 3 heterocycles. The standard InChI is InChI=1S/C31H34N4OS/c1-6-23-12-10-11-20(3)29(23)34-21(4)19-26(22(34)5)30-28(27-13-8-9-18-32-27)33-31(37)35(30)24-14-16-25(17-15-24)36-7-2/h8-19,28,30H,6-7H2,1-5H3,(H,33,37). The molecule has 0 aliphatic carbocycles. The van der Waals surface area contributed by atoms with Crippen LogP contribution in [0.3, 0.4) is 0 Å². The summed E-state index contributed by atoms with van der Waals surface area (Å²) in [4.78, 5) is 6.95. The number of hydrogen-bond acceptors (Lipinski definition) is 3. The number of aromatic nitrogens is 2. The lowest BCUT2D eigenvalue weighted by molar-refractivity contribution is 0.340. The molecule has 1 N–H and O–H groups in total. The Kier molecular flexibility index (Phi) is 7.02. The predicted molar refractivity (Wildman–Crippen MR) is 155 cm³/mol. The summed E-state index contributed by atoms with van der Waals surface area (Å²) in [6.45, 7) is 11.5. The number of anilines is 1. The van der Waals surface area contributed by atoms with Crippen molar-refractivity contribution < 1.29 is 4.74 Å². The van der Waals surface area contributed by atoms with Gasteiger partial charge < -0.3 is 19.5 Å². The average Bonchev–Trinajstić information content (AvgIpc) is 3.40. The molecule has 2 atom stereocenters. The van der Waals surface area contributed by atoms with Gasteiger partial charge in [-0.05, 0) is 105 Å². The Bertz CT molecular complexity index is 1410. The number of ether oxygens (including phenoxy) is 1. The van der Waals surface area contributed by atoms with Gasteiger partial charge in [-0.3, -0.25) is 4.98 Å². The lowest BCUT2D eigenvalue weighted by atomic mass is 9.96. The number of para-hydroxylation sites is 1. The van der Waals surface area contributed by atoms with Gasteiger partial charge >= 0.3 is 0 Å². The SMILES string of the molecule is CCOc1ccc(N2C(=S)NC(c3ccccn3)C2c2cc(C)n(-c3c(C)cccc3CC)c2C)cc1. The Labute approximate surface area is 225 Å². The number of rotatable bonds is 7. The van der Waals surface area contributed by atoms with Crippen molar-refractivity contribution in [3.63, 3.8) is 0 Å². The van der Waals surface area contributed by atoms with Gasteiger partial charge in [0.2, 0.25) is 0 Å². The van der Waals surface area contributed by atoms with E-state index < -0.39 is 0 Å². The molecule has 37 heavy (non-hydrogen) atoms. The predicted octanol–water partition coefficient (Wildman–Crippen LogP) is 6.94. The molecule has 1 aliphatic rings. The minimum atomic E-state index is -0.0864. The van der Waals surface area contributed by atoms with Crippen molar-refractivity contribution in [3.8, 4) is 11.4 Å². The molecule has 2 aromatic heterocycles. The zero-order valence-corrected chi connectivity index (χ0v) is 23.0. The smallest absolute Gasteiger partial charge is 0.174 e. The third kappa shape index (κ3) is 4.51. The highest BCUT2D eigenvalue weighted by atomic mass is 32.1. The van der Waals surface area contributed by atoms with Crippen molar-refractivity contribution in [2.24, 2.45) is 0 Å². The van der Waals surface area contributed by atoms with Gasteiger partial charge in [-0.25, -0.2) is 0 Å². The fraction of sp³-hybridized carbons (Fsp3) is 0.290. The Hall–Kier alpha value is -3.64. The maximum Gasteiger partial charge on any atom is 0.174 e. The fourth-order valence-corrected chi connectivity index (χ4v) is 5.92. The molecule has 1 saturated heterocycles. The van der Waals surface area contributed by atoms with Crippen LogP contribution in [0.4, 0.5) is 5.69 Å². The molecule has 4 aromatic rings. The zero-order valence-electron chi connectivity index (χ0n) is 22.2. The zero-order chi connectivity index (χ0) is 26.1. The van der Waals surface area contributed by atoms with Gasteiger partial charge in [-0.15, -0.1) is 0 Å². The molecule has 190 valence electrons. The first-order valence-electron chi connectivity index (χ1n) is 13.0. The summed E-state index contributed by atoms with van der Waals surface area (Å²) < 4.78 is 8.11. The lowest BCUT2D eigenvalue weighted by Crippen LogP contribution is -2.29. The second-order valence-corrected chi connectivity index (χ2v) is 9.91. The van der Waals surface area contributed by atoms with Crippen molar-refractivity contribution in [3.05, 3.63) is 107 Å². The number of thiocarbonyl (C=S) groups is 1. The number of pyridine rings is 1. The molecular weight excluding hydrogens is 476 g/mol. The Balaban J connectivity index is 1.67. The molecule has 6 heteroatoms. The van der Waals surface area contributed by atoms with E-state index in [0.717, 1.165) is 23.6 Å². The van der Waals surface area contributed by atoms with Crippen LogP contribution >= 0.6 is 12.2 Å². The summed E-state index contributed by atoms with van der Waals surface area (Å²) in [6, 6.07) is 23.0. The van der Waals surface area contributed by atoms with Crippen molar-refractivity contribution in [1.29, 1.82) is 0 Å². The van der Waals surface area contributed by atoms with Crippen LogP contribution < -0.4 is 15.0 Å². The largest absolute Gasteiger partial charge is 0.494 e. The molecule has 2 unspecified atom stereocenters. The normalized spacial score (nSPS) is 17.2. The first-order chi connectivity index (χ1) is 17.9. The summed E-state index contributed by atoms with van der Waals surface area (Å²) in [5, 5.41) is 4.29.